The van der Waals surface area contributed by atoms with E-state index in [0.717, 1.165) is 47.5 Å². The van der Waals surface area contributed by atoms with Gasteiger partial charge in [0, 0.05) is 22.9 Å². The van der Waals surface area contributed by atoms with Gasteiger partial charge in [-0.25, -0.2) is 4.79 Å². The van der Waals surface area contributed by atoms with Gasteiger partial charge in [0.15, 0.2) is 0 Å². The molecule has 2 aromatic carbocycles. The van der Waals surface area contributed by atoms with Crippen molar-refractivity contribution in [3.63, 3.8) is 0 Å². The first-order valence-corrected chi connectivity index (χ1v) is 14.3. The molecule has 2 aliphatic heterocycles. The molecule has 0 aromatic heterocycles. The highest BCUT2D eigenvalue weighted by atomic mass is 32.2. The second kappa shape index (κ2) is 13.3. The van der Waals surface area contributed by atoms with Crippen LogP contribution in [0.1, 0.15) is 53.0 Å². The van der Waals surface area contributed by atoms with Crippen LogP contribution >= 0.6 is 11.8 Å². The van der Waals surface area contributed by atoms with E-state index in [2.05, 4.69) is 10.2 Å². The summed E-state index contributed by atoms with van der Waals surface area (Å²) in [6.07, 6.45) is -3.86. The van der Waals surface area contributed by atoms with Crippen molar-refractivity contribution in [2.24, 2.45) is 5.92 Å². The number of aliphatic hydroxyl groups excluding tert-OH is 1. The summed E-state index contributed by atoms with van der Waals surface area (Å²) in [6.45, 7) is 12.2. The van der Waals surface area contributed by atoms with Crippen LogP contribution in [0.3, 0.4) is 0 Å². The van der Waals surface area contributed by atoms with Crippen LogP contribution in [0.2, 0.25) is 0 Å². The van der Waals surface area contributed by atoms with Gasteiger partial charge in [0.05, 0.1) is 29.6 Å². The Morgan fingerprint density at radius 2 is 1.69 bits per heavy atom. The second-order valence-electron chi connectivity index (χ2n) is 10.6. The molecular formula is C29H40F3N3O3S. The van der Waals surface area contributed by atoms with Crippen molar-refractivity contribution in [2.45, 2.75) is 75.1 Å². The molecule has 2 heterocycles. The van der Waals surface area contributed by atoms with E-state index in [4.69, 9.17) is 4.74 Å². The number of amides is 1. The number of piperidine rings is 1. The maximum Gasteiger partial charge on any atom is 0.416 e. The molecular weight excluding hydrogens is 527 g/mol. The average molecular weight is 568 g/mol. The lowest BCUT2D eigenvalue weighted by Crippen LogP contribution is -2.44. The van der Waals surface area contributed by atoms with Gasteiger partial charge in [-0.05, 0) is 83.0 Å². The Kier molecular flexibility index (Phi) is 10.6. The molecule has 1 unspecified atom stereocenters. The Labute approximate surface area is 233 Å². The molecule has 2 aromatic rings. The van der Waals surface area contributed by atoms with Crippen molar-refractivity contribution >= 4 is 29.2 Å². The third-order valence-corrected chi connectivity index (χ3v) is 7.59. The minimum Gasteiger partial charge on any atom is -0.444 e. The molecule has 2 N–H and O–H groups in total. The highest BCUT2D eigenvalue weighted by molar-refractivity contribution is 7.99. The fourth-order valence-electron chi connectivity index (χ4n) is 4.68. The fraction of sp³-hybridized carbons (Fsp3) is 0.552. The Hall–Kier alpha value is -2.43. The van der Waals surface area contributed by atoms with E-state index in [1.54, 1.807) is 4.90 Å². The van der Waals surface area contributed by atoms with Crippen molar-refractivity contribution in [1.29, 1.82) is 0 Å². The Bertz CT molecular complexity index is 1100. The number of rotatable bonds is 6. The number of aliphatic hydroxyl groups is 1. The van der Waals surface area contributed by atoms with E-state index in [9.17, 15) is 23.1 Å². The molecule has 0 saturated carbocycles. The third kappa shape index (κ3) is 8.78. The van der Waals surface area contributed by atoms with Gasteiger partial charge < -0.3 is 25.0 Å². The fourth-order valence-corrected chi connectivity index (χ4v) is 5.76. The standard InChI is InChI=1S/C27H34F3N3O3S.C2H6/c1-26(2,3)36-25(35)31-15-18-10-12-32(13-11-18)16-20(34)17-33-21-6-4-5-7-23(21)37-24-9-8-19(14-22(24)33)27(28,29)30;1-2/h4-9,14,18,20,34H,10-13,15-17H2,1-3H3,(H,31,35);1-2H3. The van der Waals surface area contributed by atoms with Gasteiger partial charge in [-0.15, -0.1) is 0 Å². The number of alkyl halides is 3. The number of anilines is 2. The largest absolute Gasteiger partial charge is 0.444 e. The first-order valence-electron chi connectivity index (χ1n) is 13.5. The zero-order valence-electron chi connectivity index (χ0n) is 23.3. The van der Waals surface area contributed by atoms with Gasteiger partial charge in [-0.1, -0.05) is 37.7 Å². The lowest BCUT2D eigenvalue weighted by Gasteiger charge is -2.37. The number of nitrogens with one attached hydrogen (secondary N) is 1. The number of nitrogens with zero attached hydrogens (tertiary/aromatic N) is 2. The topological polar surface area (TPSA) is 65.0 Å². The van der Waals surface area contributed by atoms with E-state index in [1.807, 2.05) is 58.9 Å². The van der Waals surface area contributed by atoms with Gasteiger partial charge in [0.1, 0.15) is 5.60 Å². The normalized spacial score (nSPS) is 16.9. The summed E-state index contributed by atoms with van der Waals surface area (Å²) in [6, 6.07) is 11.4. The Morgan fingerprint density at radius 3 is 2.33 bits per heavy atom. The molecule has 1 saturated heterocycles. The SMILES string of the molecule is CC.CC(C)(C)OC(=O)NCC1CCN(CC(O)CN2c3ccccc3Sc3ccc(C(F)(F)F)cc32)CC1. The number of hydrogen-bond acceptors (Lipinski definition) is 6. The molecule has 1 fully saturated rings. The zero-order valence-corrected chi connectivity index (χ0v) is 24.2. The number of para-hydroxylation sites is 1. The van der Waals surface area contributed by atoms with Gasteiger partial charge in [-0.3, -0.25) is 0 Å². The molecule has 0 bridgehead atoms. The summed E-state index contributed by atoms with van der Waals surface area (Å²) in [4.78, 5) is 17.6. The second-order valence-corrected chi connectivity index (χ2v) is 11.7. The predicted molar refractivity (Wildman–Crippen MR) is 150 cm³/mol. The number of halogens is 3. The van der Waals surface area contributed by atoms with Crippen molar-refractivity contribution in [1.82, 2.24) is 10.2 Å². The number of alkyl carbamates (subject to hydrolysis) is 1. The van der Waals surface area contributed by atoms with E-state index in [-0.39, 0.29) is 6.54 Å². The van der Waals surface area contributed by atoms with Crippen molar-refractivity contribution < 1.29 is 27.8 Å². The number of carbonyl (C=O) groups is 1. The molecule has 0 radical (unpaired) electrons. The third-order valence-electron chi connectivity index (χ3n) is 6.46. The maximum absolute atomic E-state index is 13.4. The zero-order chi connectivity index (χ0) is 28.8. The maximum atomic E-state index is 13.4. The van der Waals surface area contributed by atoms with E-state index >= 15 is 0 Å². The summed E-state index contributed by atoms with van der Waals surface area (Å²) >= 11 is 1.44. The number of hydrogen-bond donors (Lipinski definition) is 2. The molecule has 216 valence electrons. The van der Waals surface area contributed by atoms with E-state index in [0.29, 0.717) is 24.7 Å². The summed E-state index contributed by atoms with van der Waals surface area (Å²) in [5, 5.41) is 13.8. The smallest absolute Gasteiger partial charge is 0.416 e. The molecule has 1 atom stereocenters. The Balaban J connectivity index is 0.00000205. The van der Waals surface area contributed by atoms with Crippen molar-refractivity contribution in [3.8, 4) is 0 Å². The van der Waals surface area contributed by atoms with E-state index < -0.39 is 29.5 Å². The average Bonchev–Trinajstić information content (AvgIpc) is 2.87. The lowest BCUT2D eigenvalue weighted by molar-refractivity contribution is -0.137. The number of benzene rings is 2. The van der Waals surface area contributed by atoms with Crippen molar-refractivity contribution in [3.05, 3.63) is 48.0 Å². The van der Waals surface area contributed by atoms with Crippen LogP contribution in [-0.4, -0.2) is 60.5 Å². The molecule has 6 nitrogen and oxygen atoms in total. The van der Waals surface area contributed by atoms with Gasteiger partial charge in [-0.2, -0.15) is 13.2 Å². The van der Waals surface area contributed by atoms with Crippen LogP contribution in [0.25, 0.3) is 0 Å². The number of likely N-dealkylation sites (tertiary alicyclic amines) is 1. The minimum absolute atomic E-state index is 0.187. The van der Waals surface area contributed by atoms with Gasteiger partial charge in [0.2, 0.25) is 0 Å². The molecule has 10 heteroatoms. The Morgan fingerprint density at radius 1 is 1.05 bits per heavy atom. The first-order chi connectivity index (χ1) is 18.4. The van der Waals surface area contributed by atoms with Gasteiger partial charge >= 0.3 is 12.3 Å². The number of carbonyl (C=O) groups excluding carboxylic acids is 1. The van der Waals surface area contributed by atoms with Crippen LogP contribution in [-0.2, 0) is 10.9 Å². The number of β-amino-alcohol motifs (C(OH)–C–C–N with tert-alkyl or cyclic N) is 1. The quantitative estimate of drug-likeness (QED) is 0.395. The summed E-state index contributed by atoms with van der Waals surface area (Å²) in [5.74, 6) is 0.333. The van der Waals surface area contributed by atoms with Gasteiger partial charge in [0.25, 0.3) is 0 Å². The first kappa shape index (κ1) is 31.1. The molecule has 4 rings (SSSR count). The van der Waals surface area contributed by atoms with Crippen LogP contribution in [0, 0.1) is 5.92 Å². The summed E-state index contributed by atoms with van der Waals surface area (Å²) in [7, 11) is 0. The molecule has 1 amide bonds. The molecule has 0 aliphatic carbocycles. The number of ether oxygens (including phenoxy) is 1. The van der Waals surface area contributed by atoms with Crippen LogP contribution < -0.4 is 10.2 Å². The number of fused-ring (bicyclic) bond motifs is 2. The molecule has 39 heavy (non-hydrogen) atoms. The molecule has 2 aliphatic rings. The lowest BCUT2D eigenvalue weighted by atomic mass is 9.96. The summed E-state index contributed by atoms with van der Waals surface area (Å²) < 4.78 is 45.6. The van der Waals surface area contributed by atoms with Crippen molar-refractivity contribution in [2.75, 3.05) is 37.6 Å². The predicted octanol–water partition coefficient (Wildman–Crippen LogP) is 6.93. The van der Waals surface area contributed by atoms with E-state index in [1.165, 1.54) is 23.9 Å². The van der Waals surface area contributed by atoms with Crippen LogP contribution in [0.15, 0.2) is 52.3 Å². The molecule has 0 spiro atoms. The van der Waals surface area contributed by atoms with Crippen LogP contribution in [0.4, 0.5) is 29.3 Å². The highest BCUT2D eigenvalue weighted by Gasteiger charge is 2.34. The minimum atomic E-state index is -4.44. The van der Waals surface area contributed by atoms with Crippen LogP contribution in [0.5, 0.6) is 0 Å². The monoisotopic (exact) mass is 567 g/mol. The summed E-state index contributed by atoms with van der Waals surface area (Å²) in [5.41, 5.74) is 0.0222. The highest BCUT2D eigenvalue weighted by Crippen LogP contribution is 2.49.